The van der Waals surface area contributed by atoms with Gasteiger partial charge in [-0.3, -0.25) is 14.6 Å². The smallest absolute Gasteiger partial charge is 0.234 e. The summed E-state index contributed by atoms with van der Waals surface area (Å²) in [7, 11) is -3.12. The number of amides is 1. The predicted octanol–water partition coefficient (Wildman–Crippen LogP) is -0.660. The summed E-state index contributed by atoms with van der Waals surface area (Å²) in [5.74, 6) is 0.0609. The van der Waals surface area contributed by atoms with Gasteiger partial charge in [-0.15, -0.1) is 0 Å². The van der Waals surface area contributed by atoms with E-state index in [9.17, 15) is 13.2 Å². The van der Waals surface area contributed by atoms with Gasteiger partial charge in [-0.2, -0.15) is 0 Å². The normalized spacial score (nSPS) is 24.1. The van der Waals surface area contributed by atoms with E-state index in [1.165, 1.54) is 6.26 Å². The first-order valence-electron chi connectivity index (χ1n) is 10.8. The SMILES string of the molecule is CS(=O)(=O)N1CCC(N(CCNC(=O)CN2CCOCC2)C2CCOCC2)CC1. The van der Waals surface area contributed by atoms with Crippen molar-refractivity contribution in [2.24, 2.45) is 0 Å². The highest BCUT2D eigenvalue weighted by molar-refractivity contribution is 7.88. The van der Waals surface area contributed by atoms with Crippen LogP contribution in [0.5, 0.6) is 0 Å². The van der Waals surface area contributed by atoms with Gasteiger partial charge in [0.2, 0.25) is 15.9 Å². The zero-order chi connectivity index (χ0) is 20.7. The Morgan fingerprint density at radius 2 is 1.55 bits per heavy atom. The summed E-state index contributed by atoms with van der Waals surface area (Å²) in [6.45, 7) is 7.52. The molecular weight excluding hydrogens is 396 g/mol. The van der Waals surface area contributed by atoms with E-state index in [0.717, 1.165) is 58.5 Å². The van der Waals surface area contributed by atoms with Crippen LogP contribution in [-0.4, -0.2) is 119 Å². The third-order valence-electron chi connectivity index (χ3n) is 6.18. The van der Waals surface area contributed by atoms with Crippen molar-refractivity contribution in [2.75, 3.05) is 78.5 Å². The van der Waals surface area contributed by atoms with Crippen LogP contribution in [0.3, 0.4) is 0 Å². The third kappa shape index (κ3) is 7.15. The first-order valence-corrected chi connectivity index (χ1v) is 12.6. The molecule has 0 spiro atoms. The Kier molecular flexibility index (Phi) is 8.70. The fourth-order valence-corrected chi connectivity index (χ4v) is 5.40. The van der Waals surface area contributed by atoms with Gasteiger partial charge in [0.25, 0.3) is 0 Å². The van der Waals surface area contributed by atoms with Crippen molar-refractivity contribution >= 4 is 15.9 Å². The number of nitrogens with zero attached hydrogens (tertiary/aromatic N) is 3. The summed E-state index contributed by atoms with van der Waals surface area (Å²) in [6.07, 6.45) is 4.95. The predicted molar refractivity (Wildman–Crippen MR) is 110 cm³/mol. The summed E-state index contributed by atoms with van der Waals surface area (Å²) < 4.78 is 36.1. The summed E-state index contributed by atoms with van der Waals surface area (Å²) in [5.41, 5.74) is 0. The van der Waals surface area contributed by atoms with Crippen molar-refractivity contribution < 1.29 is 22.7 Å². The lowest BCUT2D eigenvalue weighted by Crippen LogP contribution is -2.53. The molecule has 0 bridgehead atoms. The molecule has 0 aromatic heterocycles. The molecule has 3 fully saturated rings. The maximum Gasteiger partial charge on any atom is 0.234 e. The van der Waals surface area contributed by atoms with Crippen molar-refractivity contribution in [3.63, 3.8) is 0 Å². The molecule has 10 heteroatoms. The van der Waals surface area contributed by atoms with Crippen LogP contribution in [0.15, 0.2) is 0 Å². The van der Waals surface area contributed by atoms with Crippen LogP contribution in [0.2, 0.25) is 0 Å². The molecule has 3 heterocycles. The number of sulfonamides is 1. The Bertz CT molecular complexity index is 612. The molecule has 1 amide bonds. The van der Waals surface area contributed by atoms with Gasteiger partial charge in [0.05, 0.1) is 26.0 Å². The van der Waals surface area contributed by atoms with Crippen LogP contribution in [-0.2, 0) is 24.3 Å². The van der Waals surface area contributed by atoms with Crippen molar-refractivity contribution in [3.05, 3.63) is 0 Å². The number of morpholine rings is 1. The van der Waals surface area contributed by atoms with E-state index >= 15 is 0 Å². The van der Waals surface area contributed by atoms with Gasteiger partial charge < -0.3 is 14.8 Å². The monoisotopic (exact) mass is 432 g/mol. The summed E-state index contributed by atoms with van der Waals surface area (Å²) in [6, 6.07) is 0.793. The van der Waals surface area contributed by atoms with E-state index in [2.05, 4.69) is 15.1 Å². The Labute approximate surface area is 174 Å². The van der Waals surface area contributed by atoms with Crippen LogP contribution < -0.4 is 5.32 Å². The molecule has 0 aliphatic carbocycles. The number of rotatable bonds is 8. The Morgan fingerprint density at radius 3 is 2.17 bits per heavy atom. The minimum Gasteiger partial charge on any atom is -0.381 e. The highest BCUT2D eigenvalue weighted by Gasteiger charge is 2.32. The molecule has 9 nitrogen and oxygen atoms in total. The highest BCUT2D eigenvalue weighted by Crippen LogP contribution is 2.24. The van der Waals surface area contributed by atoms with Crippen LogP contribution in [0.4, 0.5) is 0 Å². The van der Waals surface area contributed by atoms with Crippen molar-refractivity contribution in [1.29, 1.82) is 0 Å². The molecule has 1 N–H and O–H groups in total. The quantitative estimate of drug-likeness (QED) is 0.544. The molecule has 168 valence electrons. The lowest BCUT2D eigenvalue weighted by molar-refractivity contribution is -0.123. The van der Waals surface area contributed by atoms with Crippen LogP contribution in [0, 0.1) is 0 Å². The largest absolute Gasteiger partial charge is 0.381 e. The van der Waals surface area contributed by atoms with Gasteiger partial charge in [0.15, 0.2) is 0 Å². The molecule has 0 unspecified atom stereocenters. The van der Waals surface area contributed by atoms with Gasteiger partial charge in [0, 0.05) is 64.6 Å². The van der Waals surface area contributed by atoms with E-state index in [-0.39, 0.29) is 5.91 Å². The molecule has 0 aromatic rings. The zero-order valence-corrected chi connectivity index (χ0v) is 18.4. The van der Waals surface area contributed by atoms with Crippen LogP contribution >= 0.6 is 0 Å². The lowest BCUT2D eigenvalue weighted by Gasteiger charge is -2.43. The second-order valence-electron chi connectivity index (χ2n) is 8.21. The standard InChI is InChI=1S/C19H36N4O5S/c1-29(25,26)22-7-2-17(3-8-22)23(18-4-12-27-13-5-18)9-6-20-19(24)16-21-10-14-28-15-11-21/h17-18H,2-16H2,1H3,(H,20,24). The van der Waals surface area contributed by atoms with Gasteiger partial charge in [-0.25, -0.2) is 12.7 Å². The topological polar surface area (TPSA) is 91.4 Å². The maximum atomic E-state index is 12.3. The minimum atomic E-state index is -3.12. The van der Waals surface area contributed by atoms with Crippen molar-refractivity contribution in [3.8, 4) is 0 Å². The van der Waals surface area contributed by atoms with Gasteiger partial charge >= 0.3 is 0 Å². The van der Waals surface area contributed by atoms with Gasteiger partial charge in [-0.1, -0.05) is 0 Å². The molecule has 3 saturated heterocycles. The first-order chi connectivity index (χ1) is 13.9. The van der Waals surface area contributed by atoms with Gasteiger partial charge in [-0.05, 0) is 25.7 Å². The average Bonchev–Trinajstić information content (AvgIpc) is 2.72. The summed E-state index contributed by atoms with van der Waals surface area (Å²) in [5, 5.41) is 3.07. The van der Waals surface area contributed by atoms with Crippen molar-refractivity contribution in [2.45, 2.75) is 37.8 Å². The number of carbonyl (C=O) groups excluding carboxylic acids is 1. The van der Waals surface area contributed by atoms with Gasteiger partial charge in [0.1, 0.15) is 0 Å². The second-order valence-corrected chi connectivity index (χ2v) is 10.2. The van der Waals surface area contributed by atoms with E-state index in [1.54, 1.807) is 4.31 Å². The number of hydrogen-bond donors (Lipinski definition) is 1. The number of hydrogen-bond acceptors (Lipinski definition) is 7. The Morgan fingerprint density at radius 1 is 0.966 bits per heavy atom. The van der Waals surface area contributed by atoms with Crippen molar-refractivity contribution in [1.82, 2.24) is 19.4 Å². The molecule has 3 rings (SSSR count). The molecule has 3 aliphatic heterocycles. The van der Waals surface area contributed by atoms with Crippen LogP contribution in [0.25, 0.3) is 0 Å². The molecule has 0 aromatic carbocycles. The Hall–Kier alpha value is -0.780. The fraction of sp³-hybridized carbons (Fsp3) is 0.947. The minimum absolute atomic E-state index is 0.0609. The Balaban J connectivity index is 1.49. The fourth-order valence-electron chi connectivity index (χ4n) is 4.53. The molecule has 3 aliphatic rings. The maximum absolute atomic E-state index is 12.3. The molecule has 29 heavy (non-hydrogen) atoms. The first kappa shape index (κ1) is 22.9. The van der Waals surface area contributed by atoms with E-state index in [1.807, 2.05) is 0 Å². The number of ether oxygens (including phenoxy) is 2. The molecular formula is C19H36N4O5S. The van der Waals surface area contributed by atoms with E-state index < -0.39 is 10.0 Å². The summed E-state index contributed by atoms with van der Waals surface area (Å²) >= 11 is 0. The lowest BCUT2D eigenvalue weighted by atomic mass is 9.98. The molecule has 0 saturated carbocycles. The van der Waals surface area contributed by atoms with E-state index in [0.29, 0.717) is 51.5 Å². The number of nitrogens with one attached hydrogen (secondary N) is 1. The average molecular weight is 433 g/mol. The zero-order valence-electron chi connectivity index (χ0n) is 17.6. The third-order valence-corrected chi connectivity index (χ3v) is 7.49. The molecule has 0 radical (unpaired) electrons. The number of carbonyl (C=O) groups is 1. The van der Waals surface area contributed by atoms with Crippen LogP contribution in [0.1, 0.15) is 25.7 Å². The number of piperidine rings is 1. The van der Waals surface area contributed by atoms with E-state index in [4.69, 9.17) is 9.47 Å². The summed E-state index contributed by atoms with van der Waals surface area (Å²) in [4.78, 5) is 16.9. The highest BCUT2D eigenvalue weighted by atomic mass is 32.2. The second kappa shape index (κ2) is 11.0. The molecule has 0 atom stereocenters.